The SMILES string of the molecule is CN(C)Cc1csc(NC(=O)c2c(-c3ccccc3)c(-c3ccccc3)n[nH]c2=O)n1. The molecule has 2 N–H and O–H groups in total. The molecule has 0 aliphatic carbocycles. The van der Waals surface area contributed by atoms with Crippen molar-refractivity contribution in [1.29, 1.82) is 0 Å². The van der Waals surface area contributed by atoms with Gasteiger partial charge in [0, 0.05) is 23.1 Å². The summed E-state index contributed by atoms with van der Waals surface area (Å²) >= 11 is 1.33. The Kier molecular flexibility index (Phi) is 6.01. The summed E-state index contributed by atoms with van der Waals surface area (Å²) in [6.07, 6.45) is 0. The van der Waals surface area contributed by atoms with Crippen LogP contribution >= 0.6 is 11.3 Å². The maximum Gasteiger partial charge on any atom is 0.277 e. The van der Waals surface area contributed by atoms with E-state index in [-0.39, 0.29) is 5.56 Å². The number of carbonyl (C=O) groups excluding carboxylic acids is 1. The van der Waals surface area contributed by atoms with Crippen molar-refractivity contribution in [3.8, 4) is 22.4 Å². The van der Waals surface area contributed by atoms with Gasteiger partial charge in [-0.05, 0) is 19.7 Å². The van der Waals surface area contributed by atoms with Crippen LogP contribution in [0.15, 0.2) is 70.8 Å². The summed E-state index contributed by atoms with van der Waals surface area (Å²) in [6, 6.07) is 18.8. The second-order valence-corrected chi connectivity index (χ2v) is 8.08. The maximum atomic E-state index is 13.2. The second kappa shape index (κ2) is 9.03. The van der Waals surface area contributed by atoms with Crippen molar-refractivity contribution in [2.75, 3.05) is 19.4 Å². The molecule has 0 atom stereocenters. The van der Waals surface area contributed by atoms with Crippen LogP contribution in [0.4, 0.5) is 5.13 Å². The van der Waals surface area contributed by atoms with E-state index in [1.54, 1.807) is 0 Å². The first kappa shape index (κ1) is 20.6. The smallest absolute Gasteiger partial charge is 0.277 e. The molecule has 2 aromatic heterocycles. The number of nitrogens with one attached hydrogen (secondary N) is 2. The molecule has 0 unspecified atom stereocenters. The molecule has 0 radical (unpaired) electrons. The molecule has 2 heterocycles. The fraction of sp³-hybridized carbons (Fsp3) is 0.130. The third-order valence-electron chi connectivity index (χ3n) is 4.57. The van der Waals surface area contributed by atoms with Crippen LogP contribution in [0.5, 0.6) is 0 Å². The number of thiazole rings is 1. The number of benzene rings is 2. The lowest BCUT2D eigenvalue weighted by Crippen LogP contribution is -2.26. The molecule has 31 heavy (non-hydrogen) atoms. The number of amides is 1. The van der Waals surface area contributed by atoms with E-state index in [4.69, 9.17) is 0 Å². The summed E-state index contributed by atoms with van der Waals surface area (Å²) in [5.74, 6) is -0.523. The molecular weight excluding hydrogens is 410 g/mol. The Morgan fingerprint density at radius 2 is 1.68 bits per heavy atom. The number of aromatic amines is 1. The van der Waals surface area contributed by atoms with Gasteiger partial charge < -0.3 is 4.90 Å². The van der Waals surface area contributed by atoms with E-state index >= 15 is 0 Å². The van der Waals surface area contributed by atoms with Gasteiger partial charge in [0.1, 0.15) is 5.56 Å². The second-order valence-electron chi connectivity index (χ2n) is 7.22. The number of anilines is 1. The normalized spacial score (nSPS) is 10.9. The summed E-state index contributed by atoms with van der Waals surface area (Å²) in [5.41, 5.74) is 2.85. The number of H-pyrrole nitrogens is 1. The minimum Gasteiger partial charge on any atom is -0.304 e. The van der Waals surface area contributed by atoms with Gasteiger partial charge >= 0.3 is 0 Å². The number of aromatic nitrogens is 3. The predicted molar refractivity (Wildman–Crippen MR) is 123 cm³/mol. The molecule has 4 rings (SSSR count). The summed E-state index contributed by atoms with van der Waals surface area (Å²) in [6.45, 7) is 0.662. The maximum absolute atomic E-state index is 13.2. The van der Waals surface area contributed by atoms with Gasteiger partial charge in [-0.3, -0.25) is 14.9 Å². The van der Waals surface area contributed by atoms with Crippen LogP contribution in [0.3, 0.4) is 0 Å². The number of carbonyl (C=O) groups is 1. The monoisotopic (exact) mass is 431 g/mol. The molecular formula is C23H21N5O2S. The van der Waals surface area contributed by atoms with E-state index in [9.17, 15) is 9.59 Å². The molecule has 0 fully saturated rings. The molecule has 1 amide bonds. The van der Waals surface area contributed by atoms with Gasteiger partial charge in [0.05, 0.1) is 11.4 Å². The summed E-state index contributed by atoms with van der Waals surface area (Å²) in [5, 5.41) is 11.9. The van der Waals surface area contributed by atoms with E-state index in [0.29, 0.717) is 22.9 Å². The Bertz CT molecular complexity index is 1250. The molecule has 156 valence electrons. The van der Waals surface area contributed by atoms with Crippen molar-refractivity contribution in [2.24, 2.45) is 0 Å². The standard InChI is InChI=1S/C23H21N5O2S/c1-28(2)13-17-14-31-23(24-17)25-21(29)19-18(15-9-5-3-6-10-15)20(26-27-22(19)30)16-11-7-4-8-12-16/h3-12,14H,13H2,1-2H3,(H,27,30)(H,24,25,29). The Balaban J connectivity index is 1.80. The largest absolute Gasteiger partial charge is 0.304 e. The zero-order chi connectivity index (χ0) is 21.8. The van der Waals surface area contributed by atoms with E-state index in [1.165, 1.54) is 11.3 Å². The summed E-state index contributed by atoms with van der Waals surface area (Å²) in [7, 11) is 3.90. The van der Waals surface area contributed by atoms with Gasteiger partial charge in [-0.2, -0.15) is 5.10 Å². The summed E-state index contributed by atoms with van der Waals surface area (Å²) in [4.78, 5) is 32.5. The van der Waals surface area contributed by atoms with Crippen molar-refractivity contribution in [2.45, 2.75) is 6.54 Å². The first-order valence-electron chi connectivity index (χ1n) is 9.67. The van der Waals surface area contributed by atoms with E-state index in [2.05, 4.69) is 20.5 Å². The van der Waals surface area contributed by atoms with E-state index < -0.39 is 11.5 Å². The van der Waals surface area contributed by atoms with Crippen molar-refractivity contribution >= 4 is 22.4 Å². The van der Waals surface area contributed by atoms with Crippen LogP contribution in [0.25, 0.3) is 22.4 Å². The molecule has 0 saturated carbocycles. The van der Waals surface area contributed by atoms with Crippen LogP contribution < -0.4 is 10.9 Å². The van der Waals surface area contributed by atoms with Gasteiger partial charge in [0.25, 0.3) is 11.5 Å². The van der Waals surface area contributed by atoms with E-state index in [1.807, 2.05) is 85.0 Å². The van der Waals surface area contributed by atoms with Crippen LogP contribution in [0, 0.1) is 0 Å². The zero-order valence-electron chi connectivity index (χ0n) is 17.1. The first-order chi connectivity index (χ1) is 15.0. The molecule has 7 nitrogen and oxygen atoms in total. The number of hydrogen-bond donors (Lipinski definition) is 2. The zero-order valence-corrected chi connectivity index (χ0v) is 17.9. The Morgan fingerprint density at radius 1 is 1.03 bits per heavy atom. The molecule has 0 aliphatic rings. The molecule has 0 spiro atoms. The van der Waals surface area contributed by atoms with Crippen molar-refractivity contribution in [1.82, 2.24) is 20.1 Å². The average Bonchev–Trinajstić information content (AvgIpc) is 3.20. The fourth-order valence-electron chi connectivity index (χ4n) is 3.28. The third kappa shape index (κ3) is 4.60. The molecule has 4 aromatic rings. The van der Waals surface area contributed by atoms with Crippen molar-refractivity contribution in [3.05, 3.63) is 87.7 Å². The van der Waals surface area contributed by atoms with Crippen molar-refractivity contribution < 1.29 is 4.79 Å². The highest BCUT2D eigenvalue weighted by atomic mass is 32.1. The first-order valence-corrected chi connectivity index (χ1v) is 10.5. The van der Waals surface area contributed by atoms with Crippen LogP contribution in [0.2, 0.25) is 0 Å². The highest BCUT2D eigenvalue weighted by molar-refractivity contribution is 7.14. The number of hydrogen-bond acceptors (Lipinski definition) is 6. The predicted octanol–water partition coefficient (Wildman–Crippen LogP) is 3.87. The van der Waals surface area contributed by atoms with E-state index in [0.717, 1.165) is 16.8 Å². The lowest BCUT2D eigenvalue weighted by Gasteiger charge is -2.13. The number of rotatable bonds is 6. The number of nitrogens with zero attached hydrogens (tertiary/aromatic N) is 3. The topological polar surface area (TPSA) is 91.0 Å². The molecule has 0 aliphatic heterocycles. The summed E-state index contributed by atoms with van der Waals surface area (Å²) < 4.78 is 0. The van der Waals surface area contributed by atoms with Gasteiger partial charge in [-0.15, -0.1) is 11.3 Å². The molecule has 0 saturated heterocycles. The quantitative estimate of drug-likeness (QED) is 0.484. The highest BCUT2D eigenvalue weighted by Gasteiger charge is 2.23. The minimum absolute atomic E-state index is 0.00409. The fourth-order valence-corrected chi connectivity index (χ4v) is 3.97. The highest BCUT2D eigenvalue weighted by Crippen LogP contribution is 2.32. The Labute approximate surface area is 183 Å². The van der Waals surface area contributed by atoms with Crippen molar-refractivity contribution in [3.63, 3.8) is 0 Å². The van der Waals surface area contributed by atoms with Gasteiger partial charge in [-0.25, -0.2) is 10.1 Å². The Morgan fingerprint density at radius 3 is 2.32 bits per heavy atom. The lowest BCUT2D eigenvalue weighted by atomic mass is 9.95. The molecule has 2 aromatic carbocycles. The lowest BCUT2D eigenvalue weighted by molar-refractivity contribution is 0.102. The Hall–Kier alpha value is -3.62. The van der Waals surface area contributed by atoms with Gasteiger partial charge in [0.2, 0.25) is 0 Å². The van der Waals surface area contributed by atoms with Crippen LogP contribution in [-0.4, -0.2) is 40.1 Å². The van der Waals surface area contributed by atoms with Crippen LogP contribution in [-0.2, 0) is 6.54 Å². The molecule has 0 bridgehead atoms. The van der Waals surface area contributed by atoms with Gasteiger partial charge in [-0.1, -0.05) is 60.7 Å². The average molecular weight is 432 g/mol. The molecule has 8 heteroatoms. The minimum atomic E-state index is -0.555. The van der Waals surface area contributed by atoms with Crippen LogP contribution in [0.1, 0.15) is 16.1 Å². The van der Waals surface area contributed by atoms with Gasteiger partial charge in [0.15, 0.2) is 5.13 Å². The third-order valence-corrected chi connectivity index (χ3v) is 5.38.